The van der Waals surface area contributed by atoms with Gasteiger partial charge in [0.2, 0.25) is 5.91 Å². The number of amides is 2. The van der Waals surface area contributed by atoms with Gasteiger partial charge in [0.1, 0.15) is 10.8 Å². The Morgan fingerprint density at radius 3 is 2.30 bits per heavy atom. The molecule has 1 N–H and O–H groups in total. The quantitative estimate of drug-likeness (QED) is 0.731. The van der Waals surface area contributed by atoms with E-state index in [2.05, 4.69) is 15.5 Å². The van der Waals surface area contributed by atoms with E-state index < -0.39 is 11.7 Å². The van der Waals surface area contributed by atoms with Gasteiger partial charge in [-0.3, -0.25) is 9.59 Å². The van der Waals surface area contributed by atoms with Crippen LogP contribution in [0.4, 0.5) is 10.2 Å². The molecule has 0 radical (unpaired) electrons. The molecular weight excluding hydrogens is 367 g/mol. The van der Waals surface area contributed by atoms with E-state index >= 15 is 0 Å². The summed E-state index contributed by atoms with van der Waals surface area (Å²) in [6.07, 6.45) is 0. The zero-order chi connectivity index (χ0) is 20.0. The summed E-state index contributed by atoms with van der Waals surface area (Å²) in [6.45, 7) is 7.93. The van der Waals surface area contributed by atoms with Gasteiger partial charge in [0.25, 0.3) is 5.91 Å². The predicted molar refractivity (Wildman–Crippen MR) is 104 cm³/mol. The first-order valence-corrected chi connectivity index (χ1v) is 9.61. The van der Waals surface area contributed by atoms with Crippen molar-refractivity contribution in [1.82, 2.24) is 15.1 Å². The van der Waals surface area contributed by atoms with E-state index in [1.807, 2.05) is 32.6 Å². The van der Waals surface area contributed by atoms with Crippen LogP contribution < -0.4 is 5.32 Å². The number of hydrogen-bond donors (Lipinski definition) is 1. The molecule has 6 nitrogen and oxygen atoms in total. The van der Waals surface area contributed by atoms with E-state index in [4.69, 9.17) is 0 Å². The Bertz CT molecular complexity index is 789. The summed E-state index contributed by atoms with van der Waals surface area (Å²) >= 11 is 1.28. The Morgan fingerprint density at radius 2 is 1.74 bits per heavy atom. The van der Waals surface area contributed by atoms with Crippen molar-refractivity contribution in [2.45, 2.75) is 44.8 Å². The standard InChI is InChI=1S/C19H23FN4O2S/c1-12(2)24(13(3)4)18(25)11-27-17-10-9-16(22-23-17)21-19(26)14-7-5-6-8-15(14)20/h5-10,12-13H,11H2,1-4H3,(H,21,22,26). The zero-order valence-corrected chi connectivity index (χ0v) is 16.6. The Hall–Kier alpha value is -2.48. The van der Waals surface area contributed by atoms with Gasteiger partial charge in [0.15, 0.2) is 5.82 Å². The molecule has 2 rings (SSSR count). The van der Waals surface area contributed by atoms with Gasteiger partial charge in [-0.25, -0.2) is 4.39 Å². The minimum Gasteiger partial charge on any atom is -0.337 e. The van der Waals surface area contributed by atoms with Crippen LogP contribution in [0, 0.1) is 5.82 Å². The summed E-state index contributed by atoms with van der Waals surface area (Å²) in [6, 6.07) is 9.19. The van der Waals surface area contributed by atoms with Crippen molar-refractivity contribution in [3.05, 3.63) is 47.8 Å². The van der Waals surface area contributed by atoms with Crippen LogP contribution >= 0.6 is 11.8 Å². The topological polar surface area (TPSA) is 75.2 Å². The fraction of sp³-hybridized carbons (Fsp3) is 0.368. The number of rotatable bonds is 7. The lowest BCUT2D eigenvalue weighted by molar-refractivity contribution is -0.131. The second kappa shape index (κ2) is 9.45. The van der Waals surface area contributed by atoms with Gasteiger partial charge in [0, 0.05) is 12.1 Å². The fourth-order valence-corrected chi connectivity index (χ4v) is 3.36. The van der Waals surface area contributed by atoms with Crippen LogP contribution in [-0.2, 0) is 4.79 Å². The van der Waals surface area contributed by atoms with E-state index in [1.165, 1.54) is 30.0 Å². The van der Waals surface area contributed by atoms with Crippen molar-refractivity contribution in [3.63, 3.8) is 0 Å². The molecule has 0 fully saturated rings. The second-order valence-electron chi connectivity index (χ2n) is 6.47. The number of halogens is 1. The van der Waals surface area contributed by atoms with Gasteiger partial charge in [0.05, 0.1) is 11.3 Å². The number of thioether (sulfide) groups is 1. The van der Waals surface area contributed by atoms with E-state index in [0.29, 0.717) is 5.03 Å². The van der Waals surface area contributed by atoms with Crippen LogP contribution in [0.15, 0.2) is 41.4 Å². The maximum absolute atomic E-state index is 13.6. The molecule has 0 saturated heterocycles. The number of hydrogen-bond acceptors (Lipinski definition) is 5. The van der Waals surface area contributed by atoms with Crippen LogP contribution in [-0.4, -0.2) is 44.7 Å². The largest absolute Gasteiger partial charge is 0.337 e. The van der Waals surface area contributed by atoms with Gasteiger partial charge in [-0.1, -0.05) is 23.9 Å². The molecule has 2 aromatic rings. The third kappa shape index (κ3) is 5.75. The van der Waals surface area contributed by atoms with Crippen molar-refractivity contribution in [1.29, 1.82) is 0 Å². The zero-order valence-electron chi connectivity index (χ0n) is 15.8. The summed E-state index contributed by atoms with van der Waals surface area (Å²) in [5, 5.41) is 11.0. The molecule has 0 saturated carbocycles. The first-order valence-electron chi connectivity index (χ1n) is 8.63. The summed E-state index contributed by atoms with van der Waals surface area (Å²) in [5.41, 5.74) is -0.0641. The maximum atomic E-state index is 13.6. The van der Waals surface area contributed by atoms with Crippen molar-refractivity contribution >= 4 is 29.4 Å². The summed E-state index contributed by atoms with van der Waals surface area (Å²) in [7, 11) is 0. The predicted octanol–water partition coefficient (Wildman–Crippen LogP) is 3.61. The summed E-state index contributed by atoms with van der Waals surface area (Å²) in [4.78, 5) is 26.3. The van der Waals surface area contributed by atoms with Crippen LogP contribution in [0.2, 0.25) is 0 Å². The average Bonchev–Trinajstić information content (AvgIpc) is 2.60. The number of aromatic nitrogens is 2. The van der Waals surface area contributed by atoms with Crippen molar-refractivity contribution in [2.75, 3.05) is 11.1 Å². The molecule has 0 aliphatic rings. The molecular formula is C19H23FN4O2S. The van der Waals surface area contributed by atoms with Crippen molar-refractivity contribution in [2.24, 2.45) is 0 Å². The molecule has 144 valence electrons. The Morgan fingerprint density at radius 1 is 1.07 bits per heavy atom. The first kappa shape index (κ1) is 20.8. The molecule has 1 aromatic heterocycles. The monoisotopic (exact) mass is 390 g/mol. The van der Waals surface area contributed by atoms with Crippen LogP contribution in [0.1, 0.15) is 38.1 Å². The molecule has 0 aliphatic carbocycles. The molecule has 0 spiro atoms. The third-order valence-electron chi connectivity index (χ3n) is 3.74. The number of nitrogens with zero attached hydrogens (tertiary/aromatic N) is 3. The number of carbonyl (C=O) groups excluding carboxylic acids is 2. The molecule has 0 unspecified atom stereocenters. The highest BCUT2D eigenvalue weighted by Crippen LogP contribution is 2.18. The molecule has 8 heteroatoms. The van der Waals surface area contributed by atoms with E-state index in [0.717, 1.165) is 0 Å². The van der Waals surface area contributed by atoms with E-state index in [-0.39, 0.29) is 35.1 Å². The molecule has 0 atom stereocenters. The number of nitrogens with one attached hydrogen (secondary N) is 1. The van der Waals surface area contributed by atoms with Crippen LogP contribution in [0.5, 0.6) is 0 Å². The molecule has 1 heterocycles. The lowest BCUT2D eigenvalue weighted by Crippen LogP contribution is -2.43. The van der Waals surface area contributed by atoms with Gasteiger partial charge in [-0.05, 0) is 52.0 Å². The smallest absolute Gasteiger partial charge is 0.259 e. The summed E-state index contributed by atoms with van der Waals surface area (Å²) in [5.74, 6) is -0.698. The molecule has 1 aromatic carbocycles. The summed E-state index contributed by atoms with van der Waals surface area (Å²) < 4.78 is 13.6. The lowest BCUT2D eigenvalue weighted by Gasteiger charge is -2.30. The van der Waals surface area contributed by atoms with Crippen molar-refractivity contribution < 1.29 is 14.0 Å². The Balaban J connectivity index is 1.94. The van der Waals surface area contributed by atoms with Crippen LogP contribution in [0.25, 0.3) is 0 Å². The third-order valence-corrected chi connectivity index (χ3v) is 4.65. The van der Waals surface area contributed by atoms with Gasteiger partial charge < -0.3 is 10.2 Å². The first-order chi connectivity index (χ1) is 12.8. The molecule has 0 bridgehead atoms. The lowest BCUT2D eigenvalue weighted by atomic mass is 10.2. The minimum atomic E-state index is -0.603. The van der Waals surface area contributed by atoms with E-state index in [1.54, 1.807) is 18.2 Å². The molecule has 0 aliphatic heterocycles. The van der Waals surface area contributed by atoms with E-state index in [9.17, 15) is 14.0 Å². The highest BCUT2D eigenvalue weighted by Gasteiger charge is 2.20. The van der Waals surface area contributed by atoms with Gasteiger partial charge in [-0.15, -0.1) is 10.2 Å². The average molecular weight is 390 g/mol. The van der Waals surface area contributed by atoms with Gasteiger partial charge in [-0.2, -0.15) is 0 Å². The highest BCUT2D eigenvalue weighted by molar-refractivity contribution is 7.99. The number of carbonyl (C=O) groups is 2. The van der Waals surface area contributed by atoms with Crippen molar-refractivity contribution in [3.8, 4) is 0 Å². The normalized spacial score (nSPS) is 10.9. The molecule has 2 amide bonds. The fourth-order valence-electron chi connectivity index (χ4n) is 2.68. The number of anilines is 1. The number of benzene rings is 1. The van der Waals surface area contributed by atoms with Crippen LogP contribution in [0.3, 0.4) is 0 Å². The Labute approximate surface area is 162 Å². The highest BCUT2D eigenvalue weighted by atomic mass is 32.2. The van der Waals surface area contributed by atoms with Gasteiger partial charge >= 0.3 is 0 Å². The maximum Gasteiger partial charge on any atom is 0.259 e. The molecule has 27 heavy (non-hydrogen) atoms. The minimum absolute atomic E-state index is 0.0312. The Kier molecular flexibility index (Phi) is 7.29. The SMILES string of the molecule is CC(C)N(C(=O)CSc1ccc(NC(=O)c2ccccc2F)nn1)C(C)C. The second-order valence-corrected chi connectivity index (χ2v) is 7.46.